The fourth-order valence-electron chi connectivity index (χ4n) is 2.68. The molecule has 0 amide bonds. The van der Waals surface area contributed by atoms with Gasteiger partial charge in [-0.05, 0) is 43.7 Å². The molecule has 0 aliphatic carbocycles. The second-order valence-corrected chi connectivity index (χ2v) is 8.98. The molecule has 0 saturated heterocycles. The standard InChI is InChI=1S/C22H19ClN4O3S/c1-22(2,19(28)29)12-30-20-24-10-14(11-25-20)13-7-8-16(15(23)9-13)26-21-27-17-5-3-4-6-18(17)31-21/h3-11H,12H2,1-2H3,(H,26,27)(H,28,29). The van der Waals surface area contributed by atoms with Crippen LogP contribution in [0.4, 0.5) is 10.8 Å². The molecule has 0 spiro atoms. The van der Waals surface area contributed by atoms with Gasteiger partial charge in [0.25, 0.3) is 0 Å². The van der Waals surface area contributed by atoms with Gasteiger partial charge in [-0.2, -0.15) is 0 Å². The van der Waals surface area contributed by atoms with E-state index in [0.717, 1.165) is 32.2 Å². The summed E-state index contributed by atoms with van der Waals surface area (Å²) in [4.78, 5) is 24.1. The van der Waals surface area contributed by atoms with Crippen molar-refractivity contribution in [3.8, 4) is 17.1 Å². The second kappa shape index (κ2) is 8.49. The lowest BCUT2D eigenvalue weighted by Gasteiger charge is -2.18. The highest BCUT2D eigenvalue weighted by Crippen LogP contribution is 2.33. The predicted molar refractivity (Wildman–Crippen MR) is 122 cm³/mol. The van der Waals surface area contributed by atoms with Crippen LogP contribution in [0, 0.1) is 5.41 Å². The fourth-order valence-corrected chi connectivity index (χ4v) is 3.79. The predicted octanol–water partition coefficient (Wildman–Crippen LogP) is 5.64. The Morgan fingerprint density at radius 1 is 1.16 bits per heavy atom. The number of fused-ring (bicyclic) bond motifs is 1. The quantitative estimate of drug-likeness (QED) is 0.373. The van der Waals surface area contributed by atoms with Gasteiger partial charge in [-0.1, -0.05) is 41.1 Å². The third-order valence-corrected chi connectivity index (χ3v) is 5.87. The summed E-state index contributed by atoms with van der Waals surface area (Å²) in [6.07, 6.45) is 3.23. The smallest absolute Gasteiger partial charge is 0.316 e. The van der Waals surface area contributed by atoms with Crippen molar-refractivity contribution in [3.63, 3.8) is 0 Å². The number of nitrogens with zero attached hydrogens (tertiary/aromatic N) is 3. The Kier molecular flexibility index (Phi) is 5.75. The lowest BCUT2D eigenvalue weighted by Crippen LogP contribution is -2.31. The molecular weight excluding hydrogens is 436 g/mol. The van der Waals surface area contributed by atoms with Crippen LogP contribution in [-0.4, -0.2) is 32.6 Å². The highest BCUT2D eigenvalue weighted by atomic mass is 35.5. The Hall–Kier alpha value is -3.23. The summed E-state index contributed by atoms with van der Waals surface area (Å²) in [6.45, 7) is 3.13. The molecule has 2 heterocycles. The van der Waals surface area contributed by atoms with Crippen LogP contribution in [-0.2, 0) is 4.79 Å². The molecule has 0 radical (unpaired) electrons. The number of hydrogen-bond donors (Lipinski definition) is 2. The third-order valence-electron chi connectivity index (χ3n) is 4.61. The summed E-state index contributed by atoms with van der Waals surface area (Å²) in [5.74, 6) is -0.946. The largest absolute Gasteiger partial charge is 0.481 e. The summed E-state index contributed by atoms with van der Waals surface area (Å²) in [7, 11) is 0. The number of thiazole rings is 1. The maximum Gasteiger partial charge on any atom is 0.316 e. The average molecular weight is 455 g/mol. The summed E-state index contributed by atoms with van der Waals surface area (Å²) in [5, 5.41) is 13.7. The van der Waals surface area contributed by atoms with Crippen molar-refractivity contribution in [1.29, 1.82) is 0 Å². The number of aromatic nitrogens is 3. The van der Waals surface area contributed by atoms with Crippen LogP contribution in [0.15, 0.2) is 54.9 Å². The highest BCUT2D eigenvalue weighted by Gasteiger charge is 2.28. The Balaban J connectivity index is 1.46. The Labute approximate surface area is 187 Å². The van der Waals surface area contributed by atoms with Gasteiger partial charge in [0.1, 0.15) is 6.61 Å². The van der Waals surface area contributed by atoms with E-state index in [9.17, 15) is 4.79 Å². The molecule has 0 bridgehead atoms. The molecule has 2 aromatic carbocycles. The molecule has 0 aliphatic rings. The van der Waals surface area contributed by atoms with E-state index >= 15 is 0 Å². The first kappa shape index (κ1) is 21.0. The number of halogens is 1. The second-order valence-electron chi connectivity index (χ2n) is 7.54. The SMILES string of the molecule is CC(C)(COc1ncc(-c2ccc(Nc3nc4ccccc4s3)c(Cl)c2)cn1)C(=O)O. The number of ether oxygens (including phenoxy) is 1. The number of carboxylic acid groups (broad SMARTS) is 1. The van der Waals surface area contributed by atoms with Crippen LogP contribution in [0.25, 0.3) is 21.3 Å². The summed E-state index contributed by atoms with van der Waals surface area (Å²) < 4.78 is 6.51. The van der Waals surface area contributed by atoms with E-state index in [4.69, 9.17) is 21.4 Å². The molecule has 0 aliphatic heterocycles. The molecule has 2 N–H and O–H groups in total. The zero-order valence-electron chi connectivity index (χ0n) is 16.8. The zero-order valence-corrected chi connectivity index (χ0v) is 18.4. The number of nitrogens with one attached hydrogen (secondary N) is 1. The number of carbonyl (C=O) groups is 1. The van der Waals surface area contributed by atoms with E-state index in [-0.39, 0.29) is 12.6 Å². The van der Waals surface area contributed by atoms with Crippen molar-refractivity contribution in [3.05, 3.63) is 59.9 Å². The lowest BCUT2D eigenvalue weighted by atomic mass is 9.95. The first-order valence-electron chi connectivity index (χ1n) is 9.42. The maximum atomic E-state index is 11.2. The molecule has 9 heteroatoms. The van der Waals surface area contributed by atoms with Crippen molar-refractivity contribution in [2.75, 3.05) is 11.9 Å². The van der Waals surface area contributed by atoms with Gasteiger partial charge in [0.15, 0.2) is 5.13 Å². The van der Waals surface area contributed by atoms with Crippen LogP contribution in [0.5, 0.6) is 6.01 Å². The monoisotopic (exact) mass is 454 g/mol. The van der Waals surface area contributed by atoms with Gasteiger partial charge in [0.05, 0.1) is 26.3 Å². The molecule has 4 aromatic rings. The van der Waals surface area contributed by atoms with Crippen molar-refractivity contribution >= 4 is 49.9 Å². The van der Waals surface area contributed by atoms with Crippen LogP contribution in [0.2, 0.25) is 5.02 Å². The van der Waals surface area contributed by atoms with Gasteiger partial charge >= 0.3 is 12.0 Å². The molecule has 0 fully saturated rings. The molecule has 0 saturated carbocycles. The van der Waals surface area contributed by atoms with Crippen molar-refractivity contribution < 1.29 is 14.6 Å². The molecule has 31 heavy (non-hydrogen) atoms. The molecular formula is C22H19ClN4O3S. The van der Waals surface area contributed by atoms with Gasteiger partial charge in [0.2, 0.25) is 0 Å². The number of hydrogen-bond acceptors (Lipinski definition) is 7. The van der Waals surface area contributed by atoms with E-state index < -0.39 is 11.4 Å². The van der Waals surface area contributed by atoms with Crippen LogP contribution >= 0.6 is 22.9 Å². The van der Waals surface area contributed by atoms with Crippen LogP contribution in [0.1, 0.15) is 13.8 Å². The first-order valence-corrected chi connectivity index (χ1v) is 10.6. The number of rotatable bonds is 7. The van der Waals surface area contributed by atoms with Gasteiger partial charge < -0.3 is 15.2 Å². The Bertz CT molecular complexity index is 1210. The maximum absolute atomic E-state index is 11.2. The zero-order chi connectivity index (χ0) is 22.0. The Morgan fingerprint density at radius 3 is 2.58 bits per heavy atom. The van der Waals surface area contributed by atoms with E-state index in [1.54, 1.807) is 37.6 Å². The number of carboxylic acids is 1. The average Bonchev–Trinajstić information content (AvgIpc) is 3.16. The van der Waals surface area contributed by atoms with E-state index in [1.807, 2.05) is 42.5 Å². The normalized spacial score (nSPS) is 11.5. The molecule has 2 aromatic heterocycles. The number of benzene rings is 2. The summed E-state index contributed by atoms with van der Waals surface area (Å²) in [5.41, 5.74) is 2.27. The van der Waals surface area contributed by atoms with Crippen molar-refractivity contribution in [2.24, 2.45) is 5.41 Å². The minimum absolute atomic E-state index is 0.0281. The first-order chi connectivity index (χ1) is 14.8. The molecule has 7 nitrogen and oxygen atoms in total. The van der Waals surface area contributed by atoms with Gasteiger partial charge in [-0.15, -0.1) is 0 Å². The minimum atomic E-state index is -1.03. The van der Waals surface area contributed by atoms with Crippen molar-refractivity contribution in [2.45, 2.75) is 13.8 Å². The molecule has 158 valence electrons. The number of anilines is 2. The summed E-state index contributed by atoms with van der Waals surface area (Å²) >= 11 is 8.04. The topological polar surface area (TPSA) is 97.2 Å². The number of aliphatic carboxylic acids is 1. The van der Waals surface area contributed by atoms with Crippen LogP contribution in [0.3, 0.4) is 0 Å². The fraction of sp³-hybridized carbons (Fsp3) is 0.182. The van der Waals surface area contributed by atoms with E-state index in [1.165, 1.54) is 0 Å². The minimum Gasteiger partial charge on any atom is -0.481 e. The van der Waals surface area contributed by atoms with Gasteiger partial charge in [-0.3, -0.25) is 4.79 Å². The summed E-state index contributed by atoms with van der Waals surface area (Å²) in [6, 6.07) is 13.7. The van der Waals surface area contributed by atoms with Crippen LogP contribution < -0.4 is 10.1 Å². The molecule has 0 unspecified atom stereocenters. The third kappa shape index (κ3) is 4.76. The van der Waals surface area contributed by atoms with Gasteiger partial charge in [-0.25, -0.2) is 15.0 Å². The van der Waals surface area contributed by atoms with Gasteiger partial charge in [0, 0.05) is 18.0 Å². The molecule has 0 atom stereocenters. The lowest BCUT2D eigenvalue weighted by molar-refractivity contribution is -0.148. The Morgan fingerprint density at radius 2 is 1.90 bits per heavy atom. The van der Waals surface area contributed by atoms with Crippen molar-refractivity contribution in [1.82, 2.24) is 15.0 Å². The molecule has 4 rings (SSSR count). The van der Waals surface area contributed by atoms with E-state index in [0.29, 0.717) is 5.02 Å². The van der Waals surface area contributed by atoms with E-state index in [2.05, 4.69) is 20.3 Å². The highest BCUT2D eigenvalue weighted by molar-refractivity contribution is 7.22. The number of para-hydroxylation sites is 1.